The number of nitrogens with one attached hydrogen (secondary N) is 1. The first-order valence-corrected chi connectivity index (χ1v) is 7.39. The predicted molar refractivity (Wildman–Crippen MR) is 84.1 cm³/mol. The summed E-state index contributed by atoms with van der Waals surface area (Å²) in [5, 5.41) is 3.21. The number of nitrogens with zero attached hydrogens (tertiary/aromatic N) is 1. The summed E-state index contributed by atoms with van der Waals surface area (Å²) in [6.07, 6.45) is 1.34. The minimum absolute atomic E-state index is 0.209. The van der Waals surface area contributed by atoms with Crippen molar-refractivity contribution in [2.75, 3.05) is 5.32 Å². The van der Waals surface area contributed by atoms with E-state index in [1.54, 1.807) is 0 Å². The summed E-state index contributed by atoms with van der Waals surface area (Å²) >= 11 is 18.4. The van der Waals surface area contributed by atoms with Crippen LogP contribution in [0.3, 0.4) is 0 Å². The van der Waals surface area contributed by atoms with Gasteiger partial charge in [0.25, 0.3) is 5.91 Å². The van der Waals surface area contributed by atoms with E-state index in [0.29, 0.717) is 5.69 Å². The SMILES string of the molecule is O=C(Nc1c(Br)cccc1Br)c1cc(Cl)ncc1Cl. The summed E-state index contributed by atoms with van der Waals surface area (Å²) in [6.45, 7) is 0. The average Bonchev–Trinajstić information content (AvgIpc) is 2.37. The highest BCUT2D eigenvalue weighted by Crippen LogP contribution is 2.31. The normalized spacial score (nSPS) is 10.3. The van der Waals surface area contributed by atoms with Crippen molar-refractivity contribution in [3.63, 3.8) is 0 Å². The van der Waals surface area contributed by atoms with Gasteiger partial charge in [-0.15, -0.1) is 0 Å². The molecule has 0 fully saturated rings. The molecular weight excluding hydrogens is 419 g/mol. The molecule has 0 unspecified atom stereocenters. The summed E-state index contributed by atoms with van der Waals surface area (Å²) in [4.78, 5) is 16.0. The molecule has 0 spiro atoms. The molecule has 1 amide bonds. The molecule has 19 heavy (non-hydrogen) atoms. The van der Waals surface area contributed by atoms with E-state index in [-0.39, 0.29) is 21.6 Å². The van der Waals surface area contributed by atoms with E-state index in [0.717, 1.165) is 8.95 Å². The molecule has 1 heterocycles. The first kappa shape index (κ1) is 14.8. The van der Waals surface area contributed by atoms with Crippen LogP contribution in [0, 0.1) is 0 Å². The fourth-order valence-electron chi connectivity index (χ4n) is 1.39. The molecule has 0 radical (unpaired) electrons. The first-order chi connectivity index (χ1) is 8.99. The fourth-order valence-corrected chi connectivity index (χ4v) is 2.93. The zero-order valence-electron chi connectivity index (χ0n) is 9.25. The third-order valence-corrected chi connectivity index (χ3v) is 4.10. The Kier molecular flexibility index (Phi) is 4.84. The Balaban J connectivity index is 2.34. The van der Waals surface area contributed by atoms with Gasteiger partial charge in [-0.1, -0.05) is 29.3 Å². The van der Waals surface area contributed by atoms with Crippen LogP contribution in [-0.4, -0.2) is 10.9 Å². The maximum absolute atomic E-state index is 12.2. The van der Waals surface area contributed by atoms with Gasteiger partial charge in [-0.05, 0) is 50.1 Å². The van der Waals surface area contributed by atoms with Crippen molar-refractivity contribution < 1.29 is 4.79 Å². The molecule has 2 aromatic rings. The minimum Gasteiger partial charge on any atom is -0.320 e. The van der Waals surface area contributed by atoms with E-state index >= 15 is 0 Å². The molecule has 0 bridgehead atoms. The summed E-state index contributed by atoms with van der Waals surface area (Å²) in [5.74, 6) is -0.359. The second kappa shape index (κ2) is 6.22. The molecular formula is C12H6Br2Cl2N2O. The minimum atomic E-state index is -0.359. The Morgan fingerprint density at radius 3 is 2.47 bits per heavy atom. The summed E-state index contributed by atoms with van der Waals surface area (Å²) < 4.78 is 1.51. The lowest BCUT2D eigenvalue weighted by molar-refractivity contribution is 0.102. The summed E-state index contributed by atoms with van der Waals surface area (Å²) in [5.41, 5.74) is 0.890. The number of amides is 1. The average molecular weight is 425 g/mol. The molecule has 1 aromatic heterocycles. The van der Waals surface area contributed by atoms with Crippen molar-refractivity contribution in [3.8, 4) is 0 Å². The Morgan fingerprint density at radius 2 is 1.84 bits per heavy atom. The van der Waals surface area contributed by atoms with Crippen molar-refractivity contribution in [2.24, 2.45) is 0 Å². The van der Waals surface area contributed by atoms with E-state index < -0.39 is 0 Å². The van der Waals surface area contributed by atoms with Crippen LogP contribution < -0.4 is 5.32 Å². The molecule has 3 nitrogen and oxygen atoms in total. The zero-order valence-corrected chi connectivity index (χ0v) is 13.9. The number of aromatic nitrogens is 1. The van der Waals surface area contributed by atoms with E-state index in [4.69, 9.17) is 23.2 Å². The van der Waals surface area contributed by atoms with Gasteiger partial charge in [-0.25, -0.2) is 4.98 Å². The maximum atomic E-state index is 12.2. The largest absolute Gasteiger partial charge is 0.320 e. The number of halogens is 4. The van der Waals surface area contributed by atoms with E-state index in [9.17, 15) is 4.79 Å². The van der Waals surface area contributed by atoms with Crippen molar-refractivity contribution in [1.82, 2.24) is 4.98 Å². The molecule has 7 heteroatoms. The number of para-hydroxylation sites is 1. The number of carbonyl (C=O) groups excluding carboxylic acids is 1. The van der Waals surface area contributed by atoms with Crippen molar-refractivity contribution in [3.05, 3.63) is 55.1 Å². The standard InChI is InChI=1S/C12H6Br2Cl2N2O/c13-7-2-1-3-8(14)11(7)18-12(19)6-4-10(16)17-5-9(6)15/h1-5H,(H,18,19). The van der Waals surface area contributed by atoms with Crippen LogP contribution in [0.2, 0.25) is 10.2 Å². The third kappa shape index (κ3) is 3.48. The van der Waals surface area contributed by atoms with Crippen LogP contribution >= 0.6 is 55.1 Å². The van der Waals surface area contributed by atoms with Crippen LogP contribution in [0.4, 0.5) is 5.69 Å². The highest BCUT2D eigenvalue weighted by atomic mass is 79.9. The Hall–Kier alpha value is -0.620. The number of anilines is 1. The Labute approximate surface area is 136 Å². The van der Waals surface area contributed by atoms with Crippen molar-refractivity contribution in [2.45, 2.75) is 0 Å². The molecule has 0 aliphatic carbocycles. The summed E-state index contributed by atoms with van der Waals surface area (Å²) in [7, 11) is 0. The predicted octanol–water partition coefficient (Wildman–Crippen LogP) is 5.17. The highest BCUT2D eigenvalue weighted by molar-refractivity contribution is 9.11. The molecule has 0 saturated carbocycles. The van der Waals surface area contributed by atoms with Crippen LogP contribution in [0.15, 0.2) is 39.4 Å². The van der Waals surface area contributed by atoms with Crippen LogP contribution in [-0.2, 0) is 0 Å². The van der Waals surface area contributed by atoms with Gasteiger partial charge in [0.2, 0.25) is 0 Å². The van der Waals surface area contributed by atoms with Gasteiger partial charge in [0.05, 0.1) is 16.3 Å². The molecule has 0 aliphatic rings. The number of pyridine rings is 1. The maximum Gasteiger partial charge on any atom is 0.257 e. The molecule has 0 saturated heterocycles. The van der Waals surface area contributed by atoms with E-state index in [1.165, 1.54) is 12.3 Å². The second-order valence-corrected chi connectivity index (χ2v) is 6.04. The lowest BCUT2D eigenvalue weighted by Crippen LogP contribution is -2.13. The Bertz CT molecular complexity index is 629. The van der Waals surface area contributed by atoms with Gasteiger partial charge in [0.1, 0.15) is 5.15 Å². The van der Waals surface area contributed by atoms with E-state index in [1.807, 2.05) is 18.2 Å². The summed E-state index contributed by atoms with van der Waals surface area (Å²) in [6, 6.07) is 6.91. The van der Waals surface area contributed by atoms with Gasteiger partial charge < -0.3 is 5.32 Å². The zero-order chi connectivity index (χ0) is 14.0. The number of carbonyl (C=O) groups is 1. The lowest BCUT2D eigenvalue weighted by atomic mass is 10.2. The van der Waals surface area contributed by atoms with E-state index in [2.05, 4.69) is 42.2 Å². The number of rotatable bonds is 2. The van der Waals surface area contributed by atoms with Gasteiger partial charge in [-0.2, -0.15) is 0 Å². The smallest absolute Gasteiger partial charge is 0.257 e. The van der Waals surface area contributed by atoms with Crippen LogP contribution in [0.5, 0.6) is 0 Å². The first-order valence-electron chi connectivity index (χ1n) is 5.05. The van der Waals surface area contributed by atoms with Crippen molar-refractivity contribution >= 4 is 66.7 Å². The lowest BCUT2D eigenvalue weighted by Gasteiger charge is -2.10. The number of hydrogen-bond donors (Lipinski definition) is 1. The molecule has 0 aliphatic heterocycles. The molecule has 0 atom stereocenters. The van der Waals surface area contributed by atoms with Crippen LogP contribution in [0.1, 0.15) is 10.4 Å². The quantitative estimate of drug-likeness (QED) is 0.676. The van der Waals surface area contributed by atoms with Gasteiger partial charge in [0.15, 0.2) is 0 Å². The Morgan fingerprint density at radius 1 is 1.21 bits per heavy atom. The van der Waals surface area contributed by atoms with Crippen LogP contribution in [0.25, 0.3) is 0 Å². The fraction of sp³-hybridized carbons (Fsp3) is 0. The molecule has 2 rings (SSSR count). The van der Waals surface area contributed by atoms with Gasteiger partial charge >= 0.3 is 0 Å². The monoisotopic (exact) mass is 422 g/mol. The number of hydrogen-bond acceptors (Lipinski definition) is 2. The van der Waals surface area contributed by atoms with Gasteiger partial charge in [-0.3, -0.25) is 4.79 Å². The third-order valence-electron chi connectivity index (χ3n) is 2.27. The molecule has 1 N–H and O–H groups in total. The molecule has 1 aromatic carbocycles. The highest BCUT2D eigenvalue weighted by Gasteiger charge is 2.14. The van der Waals surface area contributed by atoms with Crippen molar-refractivity contribution in [1.29, 1.82) is 0 Å². The molecule has 98 valence electrons. The topological polar surface area (TPSA) is 42.0 Å². The second-order valence-electron chi connectivity index (χ2n) is 3.54. The van der Waals surface area contributed by atoms with Gasteiger partial charge in [0, 0.05) is 15.1 Å². The number of benzene rings is 1.